The normalized spacial score (nSPS) is 9.00. The van der Waals surface area contributed by atoms with Crippen LogP contribution in [0.5, 0.6) is 0 Å². The summed E-state index contributed by atoms with van der Waals surface area (Å²) in [5, 5.41) is 3.48. The number of hydrogen-bond donors (Lipinski definition) is 0. The molecule has 0 atom stereocenters. The van der Waals surface area contributed by atoms with Crippen molar-refractivity contribution in [2.24, 2.45) is 5.11 Å². The highest BCUT2D eigenvalue weighted by Crippen LogP contribution is 2.24. The van der Waals surface area contributed by atoms with Crippen molar-refractivity contribution in [3.05, 3.63) is 38.7 Å². The molecule has 1 aromatic carbocycles. The highest BCUT2D eigenvalue weighted by molar-refractivity contribution is 9.10. The first kappa shape index (κ1) is 9.77. The van der Waals surface area contributed by atoms with Crippen molar-refractivity contribution in [3.8, 4) is 0 Å². The molecular weight excluding hydrogens is 234 g/mol. The Labute approximate surface area is 83.3 Å². The zero-order chi connectivity index (χ0) is 9.68. The molecule has 0 aromatic heterocycles. The number of nitrogens with zero attached hydrogens (tertiary/aromatic N) is 3. The molecule has 5 heteroatoms. The molecule has 0 spiro atoms. The maximum Gasteiger partial charge on any atom is 0.124 e. The van der Waals surface area contributed by atoms with Crippen LogP contribution in [0.4, 0.5) is 5.69 Å². The van der Waals surface area contributed by atoms with E-state index in [9.17, 15) is 4.79 Å². The summed E-state index contributed by atoms with van der Waals surface area (Å²) in [4.78, 5) is 12.9. The van der Waals surface area contributed by atoms with E-state index in [1.165, 1.54) is 0 Å². The summed E-state index contributed by atoms with van der Waals surface area (Å²) in [6.07, 6.45) is 1.04. The Morgan fingerprint density at radius 3 is 3.00 bits per heavy atom. The Morgan fingerprint density at radius 2 is 2.38 bits per heavy atom. The van der Waals surface area contributed by atoms with Gasteiger partial charge in [0.25, 0.3) is 0 Å². The van der Waals surface area contributed by atoms with Crippen LogP contribution >= 0.6 is 15.9 Å². The van der Waals surface area contributed by atoms with E-state index in [2.05, 4.69) is 26.0 Å². The van der Waals surface area contributed by atoms with Crippen molar-refractivity contribution in [2.45, 2.75) is 6.42 Å². The largest absolute Gasteiger partial charge is 0.303 e. The Morgan fingerprint density at radius 1 is 1.62 bits per heavy atom. The summed E-state index contributed by atoms with van der Waals surface area (Å²) < 4.78 is 0.824. The molecule has 66 valence electrons. The van der Waals surface area contributed by atoms with Gasteiger partial charge in [-0.05, 0) is 23.2 Å². The zero-order valence-corrected chi connectivity index (χ0v) is 8.23. The van der Waals surface area contributed by atoms with Gasteiger partial charge < -0.3 is 4.79 Å². The van der Waals surface area contributed by atoms with Crippen molar-refractivity contribution in [1.82, 2.24) is 0 Å². The Balaban J connectivity index is 3.17. The summed E-state index contributed by atoms with van der Waals surface area (Å²) >= 11 is 3.25. The number of carbonyl (C=O) groups is 1. The quantitative estimate of drug-likeness (QED) is 0.346. The third-order valence-electron chi connectivity index (χ3n) is 1.50. The molecule has 1 rings (SSSR count). The van der Waals surface area contributed by atoms with E-state index in [-0.39, 0.29) is 6.42 Å². The summed E-state index contributed by atoms with van der Waals surface area (Å²) in [5.74, 6) is 0. The number of benzene rings is 1. The first-order valence-electron chi connectivity index (χ1n) is 3.55. The van der Waals surface area contributed by atoms with E-state index in [0.717, 1.165) is 16.3 Å². The standard InChI is InChI=1S/C8H6BrN3O/c9-7-2-1-6(3-4-13)8(5-7)11-12-10/h1-2,4-5H,3H2. The summed E-state index contributed by atoms with van der Waals surface area (Å²) in [7, 11) is 0. The molecule has 4 nitrogen and oxygen atoms in total. The Kier molecular flexibility index (Phi) is 3.49. The van der Waals surface area contributed by atoms with Gasteiger partial charge in [0, 0.05) is 21.5 Å². The second-order valence-corrected chi connectivity index (χ2v) is 3.25. The predicted molar refractivity (Wildman–Crippen MR) is 52.7 cm³/mol. The van der Waals surface area contributed by atoms with Crippen LogP contribution in [0.25, 0.3) is 10.4 Å². The van der Waals surface area contributed by atoms with Gasteiger partial charge in [0.2, 0.25) is 0 Å². The molecule has 0 radical (unpaired) electrons. The molecule has 0 fully saturated rings. The molecule has 0 saturated carbocycles. The van der Waals surface area contributed by atoms with Crippen LogP contribution in [0.15, 0.2) is 27.8 Å². The van der Waals surface area contributed by atoms with E-state index in [1.54, 1.807) is 18.2 Å². The number of halogens is 1. The fourth-order valence-corrected chi connectivity index (χ4v) is 1.29. The van der Waals surface area contributed by atoms with Gasteiger partial charge >= 0.3 is 0 Å². The second kappa shape index (κ2) is 4.64. The fraction of sp³-hybridized carbons (Fsp3) is 0.125. The lowest BCUT2D eigenvalue weighted by atomic mass is 10.1. The molecule has 0 aliphatic rings. The summed E-state index contributed by atoms with van der Waals surface area (Å²) in [6.45, 7) is 0. The van der Waals surface area contributed by atoms with E-state index in [4.69, 9.17) is 5.53 Å². The number of hydrogen-bond acceptors (Lipinski definition) is 2. The minimum Gasteiger partial charge on any atom is -0.303 e. The Bertz CT molecular complexity index is 372. The minimum atomic E-state index is 0.266. The molecule has 0 N–H and O–H groups in total. The molecular formula is C8H6BrN3O. The van der Waals surface area contributed by atoms with Gasteiger partial charge in [0.1, 0.15) is 6.29 Å². The van der Waals surface area contributed by atoms with Crippen molar-refractivity contribution < 1.29 is 4.79 Å². The number of azide groups is 1. The van der Waals surface area contributed by atoms with Crippen LogP contribution in [-0.2, 0) is 11.2 Å². The molecule has 0 bridgehead atoms. The Hall–Kier alpha value is -1.32. The van der Waals surface area contributed by atoms with Gasteiger partial charge in [-0.3, -0.25) is 0 Å². The first-order valence-corrected chi connectivity index (χ1v) is 4.34. The van der Waals surface area contributed by atoms with Crippen molar-refractivity contribution in [3.63, 3.8) is 0 Å². The van der Waals surface area contributed by atoms with Crippen LogP contribution in [0.3, 0.4) is 0 Å². The highest BCUT2D eigenvalue weighted by atomic mass is 79.9. The maximum atomic E-state index is 10.3. The average molecular weight is 240 g/mol. The molecule has 0 amide bonds. The lowest BCUT2D eigenvalue weighted by Gasteiger charge is -2.00. The first-order chi connectivity index (χ1) is 6.27. The average Bonchev–Trinajstić information content (AvgIpc) is 2.10. The highest BCUT2D eigenvalue weighted by Gasteiger charge is 2.00. The molecule has 0 unspecified atom stereocenters. The third-order valence-corrected chi connectivity index (χ3v) is 2.00. The SMILES string of the molecule is [N-]=[N+]=Nc1cc(Br)ccc1CC=O. The number of aldehydes is 1. The van der Waals surface area contributed by atoms with Gasteiger partial charge in [-0.15, -0.1) is 0 Å². The van der Waals surface area contributed by atoms with Gasteiger partial charge in [0.05, 0.1) is 0 Å². The lowest BCUT2D eigenvalue weighted by Crippen LogP contribution is -1.85. The van der Waals surface area contributed by atoms with Crippen molar-refractivity contribution in [1.29, 1.82) is 0 Å². The molecule has 0 aliphatic carbocycles. The van der Waals surface area contributed by atoms with Crippen LogP contribution in [-0.4, -0.2) is 6.29 Å². The maximum absolute atomic E-state index is 10.3. The monoisotopic (exact) mass is 239 g/mol. The molecule has 13 heavy (non-hydrogen) atoms. The summed E-state index contributed by atoms with van der Waals surface area (Å²) in [5.41, 5.74) is 9.48. The van der Waals surface area contributed by atoms with Crippen LogP contribution in [0.2, 0.25) is 0 Å². The number of carbonyl (C=O) groups excluding carboxylic acids is 1. The van der Waals surface area contributed by atoms with E-state index in [0.29, 0.717) is 5.69 Å². The van der Waals surface area contributed by atoms with Gasteiger partial charge in [0.15, 0.2) is 0 Å². The second-order valence-electron chi connectivity index (χ2n) is 2.33. The number of rotatable bonds is 3. The molecule has 0 aliphatic heterocycles. The fourth-order valence-electron chi connectivity index (χ4n) is 0.941. The van der Waals surface area contributed by atoms with Crippen molar-refractivity contribution in [2.75, 3.05) is 0 Å². The molecule has 1 aromatic rings. The van der Waals surface area contributed by atoms with E-state index >= 15 is 0 Å². The minimum absolute atomic E-state index is 0.266. The van der Waals surface area contributed by atoms with Crippen molar-refractivity contribution >= 4 is 27.9 Å². The topological polar surface area (TPSA) is 65.8 Å². The third kappa shape index (κ3) is 2.57. The van der Waals surface area contributed by atoms with E-state index < -0.39 is 0 Å². The van der Waals surface area contributed by atoms with Crippen LogP contribution < -0.4 is 0 Å². The van der Waals surface area contributed by atoms with Crippen LogP contribution in [0.1, 0.15) is 5.56 Å². The van der Waals surface area contributed by atoms with Gasteiger partial charge in [-0.25, -0.2) is 0 Å². The zero-order valence-electron chi connectivity index (χ0n) is 6.64. The lowest BCUT2D eigenvalue weighted by molar-refractivity contribution is -0.107. The predicted octanol–water partition coefficient (Wildman–Crippen LogP) is 3.13. The smallest absolute Gasteiger partial charge is 0.124 e. The molecule has 0 saturated heterocycles. The summed E-state index contributed by atoms with van der Waals surface area (Å²) in [6, 6.07) is 5.23. The van der Waals surface area contributed by atoms with E-state index in [1.807, 2.05) is 0 Å². The molecule has 0 heterocycles. The van der Waals surface area contributed by atoms with Gasteiger partial charge in [-0.1, -0.05) is 27.1 Å². The van der Waals surface area contributed by atoms with Crippen LogP contribution in [0, 0.1) is 0 Å². The van der Waals surface area contributed by atoms with Gasteiger partial charge in [-0.2, -0.15) is 0 Å².